The van der Waals surface area contributed by atoms with Crippen LogP contribution in [0.25, 0.3) is 11.1 Å². The number of amides is 1. The van der Waals surface area contributed by atoms with Crippen LogP contribution >= 0.6 is 11.6 Å². The van der Waals surface area contributed by atoms with Crippen LogP contribution in [0.3, 0.4) is 0 Å². The Balaban J connectivity index is 2.05. The van der Waals surface area contributed by atoms with Crippen molar-refractivity contribution in [3.8, 4) is 11.1 Å². The molecule has 23 heavy (non-hydrogen) atoms. The van der Waals surface area contributed by atoms with Gasteiger partial charge in [-0.1, -0.05) is 55.3 Å². The van der Waals surface area contributed by atoms with Crippen molar-refractivity contribution in [1.82, 2.24) is 0 Å². The number of rotatable bonds is 2. The number of carbonyl (C=O) groups is 1. The van der Waals surface area contributed by atoms with Crippen LogP contribution in [0.4, 0.5) is 4.79 Å². The maximum absolute atomic E-state index is 11.2. The first-order valence-electron chi connectivity index (χ1n) is 7.63. The number of aryl methyl sites for hydroxylation is 1. The molecule has 1 atom stereocenters. The monoisotopic (exact) mass is 329 g/mol. The van der Waals surface area contributed by atoms with E-state index in [1.807, 2.05) is 31.2 Å². The van der Waals surface area contributed by atoms with E-state index < -0.39 is 6.09 Å². The van der Waals surface area contributed by atoms with Crippen LogP contribution in [0.15, 0.2) is 36.4 Å². The highest BCUT2D eigenvalue weighted by Gasteiger charge is 2.41. The van der Waals surface area contributed by atoms with E-state index in [4.69, 9.17) is 22.1 Å². The van der Waals surface area contributed by atoms with Gasteiger partial charge in [0.25, 0.3) is 0 Å². The number of carbonyl (C=O) groups excluding carboxylic acids is 1. The summed E-state index contributed by atoms with van der Waals surface area (Å²) in [6, 6.07) is 12.2. The van der Waals surface area contributed by atoms with Crippen LogP contribution in [0.1, 0.15) is 36.6 Å². The van der Waals surface area contributed by atoms with E-state index in [9.17, 15) is 4.79 Å². The zero-order valence-corrected chi connectivity index (χ0v) is 14.3. The van der Waals surface area contributed by atoms with Gasteiger partial charge in [-0.25, -0.2) is 4.79 Å². The molecule has 0 heterocycles. The summed E-state index contributed by atoms with van der Waals surface area (Å²) in [7, 11) is 0. The third-order valence-electron chi connectivity index (χ3n) is 4.45. The summed E-state index contributed by atoms with van der Waals surface area (Å²) < 4.78 is 5.35. The predicted molar refractivity (Wildman–Crippen MR) is 92.5 cm³/mol. The van der Waals surface area contributed by atoms with Crippen LogP contribution in [0, 0.1) is 12.3 Å². The molecule has 2 N–H and O–H groups in total. The molecule has 0 spiro atoms. The van der Waals surface area contributed by atoms with Gasteiger partial charge >= 0.3 is 6.09 Å². The second kappa shape index (κ2) is 5.57. The van der Waals surface area contributed by atoms with Gasteiger partial charge in [0.15, 0.2) is 0 Å². The maximum atomic E-state index is 11.2. The fourth-order valence-corrected chi connectivity index (χ4v) is 3.61. The SMILES string of the molecule is Cc1ccc(Cl)c(-c2ccc3c(c2)CC(C)(C)C3OC(N)=O)c1. The van der Waals surface area contributed by atoms with Crippen molar-refractivity contribution < 1.29 is 9.53 Å². The summed E-state index contributed by atoms with van der Waals surface area (Å²) in [4.78, 5) is 11.2. The van der Waals surface area contributed by atoms with Gasteiger partial charge in [-0.05, 0) is 42.2 Å². The van der Waals surface area contributed by atoms with E-state index in [-0.39, 0.29) is 11.5 Å². The van der Waals surface area contributed by atoms with Gasteiger partial charge in [-0.2, -0.15) is 0 Å². The Hall–Kier alpha value is -2.00. The zero-order valence-electron chi connectivity index (χ0n) is 13.5. The van der Waals surface area contributed by atoms with Crippen LogP contribution in [0.2, 0.25) is 5.02 Å². The van der Waals surface area contributed by atoms with Crippen LogP contribution in [-0.4, -0.2) is 6.09 Å². The molecule has 3 nitrogen and oxygen atoms in total. The largest absolute Gasteiger partial charge is 0.441 e. The molecule has 2 aromatic rings. The summed E-state index contributed by atoms with van der Waals surface area (Å²) in [6.07, 6.45) is -0.212. The van der Waals surface area contributed by atoms with Gasteiger partial charge in [-0.15, -0.1) is 0 Å². The zero-order chi connectivity index (χ0) is 16.8. The normalized spacial score (nSPS) is 18.5. The van der Waals surface area contributed by atoms with Gasteiger partial charge < -0.3 is 10.5 Å². The lowest BCUT2D eigenvalue weighted by Gasteiger charge is -2.26. The van der Waals surface area contributed by atoms with Crippen LogP contribution in [0.5, 0.6) is 0 Å². The van der Waals surface area contributed by atoms with Crippen molar-refractivity contribution in [1.29, 1.82) is 0 Å². The van der Waals surface area contributed by atoms with Gasteiger partial charge in [0.1, 0.15) is 6.10 Å². The first kappa shape index (κ1) is 15.9. The summed E-state index contributed by atoms with van der Waals surface area (Å²) in [5.41, 5.74) is 10.5. The molecule has 1 unspecified atom stereocenters. The molecule has 0 aliphatic heterocycles. The molecule has 0 saturated carbocycles. The van der Waals surface area contributed by atoms with Gasteiger partial charge in [0.05, 0.1) is 0 Å². The van der Waals surface area contributed by atoms with Crippen LogP contribution in [-0.2, 0) is 11.2 Å². The van der Waals surface area contributed by atoms with Crippen molar-refractivity contribution >= 4 is 17.7 Å². The van der Waals surface area contributed by atoms with E-state index >= 15 is 0 Å². The van der Waals surface area contributed by atoms with Crippen LogP contribution < -0.4 is 5.73 Å². The Kier molecular flexibility index (Phi) is 3.85. The van der Waals surface area contributed by atoms with Gasteiger partial charge in [0.2, 0.25) is 0 Å². The van der Waals surface area contributed by atoms with Gasteiger partial charge in [-0.3, -0.25) is 0 Å². The lowest BCUT2D eigenvalue weighted by atomic mass is 9.87. The predicted octanol–water partition coefficient (Wildman–Crippen LogP) is 5.03. The minimum atomic E-state index is -0.735. The smallest absolute Gasteiger partial charge is 0.405 e. The third kappa shape index (κ3) is 2.93. The minimum Gasteiger partial charge on any atom is -0.441 e. The first-order valence-corrected chi connectivity index (χ1v) is 8.01. The maximum Gasteiger partial charge on any atom is 0.405 e. The van der Waals surface area contributed by atoms with E-state index in [2.05, 4.69) is 26.0 Å². The molecule has 0 fully saturated rings. The van der Waals surface area contributed by atoms with E-state index in [0.29, 0.717) is 0 Å². The number of hydrogen-bond donors (Lipinski definition) is 1. The topological polar surface area (TPSA) is 52.3 Å². The average Bonchev–Trinajstić information content (AvgIpc) is 2.71. The average molecular weight is 330 g/mol. The van der Waals surface area contributed by atoms with Crippen molar-refractivity contribution in [3.05, 3.63) is 58.1 Å². The highest BCUT2D eigenvalue weighted by Crippen LogP contribution is 2.48. The second-order valence-electron chi connectivity index (χ2n) is 6.88. The molecule has 0 aromatic heterocycles. The van der Waals surface area contributed by atoms with Crippen molar-refractivity contribution in [2.45, 2.75) is 33.3 Å². The molecular weight excluding hydrogens is 310 g/mol. The molecule has 2 aromatic carbocycles. The molecule has 120 valence electrons. The molecule has 1 aliphatic carbocycles. The number of primary amides is 1. The summed E-state index contributed by atoms with van der Waals surface area (Å²) in [5.74, 6) is 0. The minimum absolute atomic E-state index is 0.174. The second-order valence-corrected chi connectivity index (χ2v) is 7.29. The number of hydrogen-bond acceptors (Lipinski definition) is 2. The lowest BCUT2D eigenvalue weighted by Crippen LogP contribution is -2.25. The van der Waals surface area contributed by atoms with E-state index in [1.54, 1.807) is 0 Å². The lowest BCUT2D eigenvalue weighted by molar-refractivity contribution is 0.0392. The standard InChI is InChI=1S/C19H20ClNO2/c1-11-4-7-16(20)15(8-11)12-5-6-14-13(9-12)10-19(2,3)17(14)23-18(21)22/h4-9,17H,10H2,1-3H3,(H2,21,22). The number of nitrogens with two attached hydrogens (primary N) is 1. The first-order chi connectivity index (χ1) is 10.8. The summed E-state index contributed by atoms with van der Waals surface area (Å²) >= 11 is 6.35. The Morgan fingerprint density at radius 2 is 2.00 bits per heavy atom. The number of benzene rings is 2. The molecule has 4 heteroatoms. The molecular formula is C19H20ClNO2. The highest BCUT2D eigenvalue weighted by atomic mass is 35.5. The number of halogens is 1. The number of ether oxygens (including phenoxy) is 1. The molecule has 0 saturated heterocycles. The Labute approximate surface area is 141 Å². The fourth-order valence-electron chi connectivity index (χ4n) is 3.39. The Morgan fingerprint density at radius 1 is 1.26 bits per heavy atom. The molecule has 0 bridgehead atoms. The van der Waals surface area contributed by atoms with Crippen molar-refractivity contribution in [3.63, 3.8) is 0 Å². The highest BCUT2D eigenvalue weighted by molar-refractivity contribution is 6.33. The Morgan fingerprint density at radius 3 is 2.70 bits per heavy atom. The molecule has 3 rings (SSSR count). The summed E-state index contributed by atoms with van der Waals surface area (Å²) in [6.45, 7) is 6.22. The Bertz CT molecular complexity index is 783. The van der Waals surface area contributed by atoms with Crippen molar-refractivity contribution in [2.75, 3.05) is 0 Å². The fraction of sp³-hybridized carbons (Fsp3) is 0.316. The molecule has 0 radical (unpaired) electrons. The quantitative estimate of drug-likeness (QED) is 0.839. The van der Waals surface area contributed by atoms with Crippen molar-refractivity contribution in [2.24, 2.45) is 11.1 Å². The molecule has 1 aliphatic rings. The number of fused-ring (bicyclic) bond motifs is 1. The third-order valence-corrected chi connectivity index (χ3v) is 4.78. The van der Waals surface area contributed by atoms with Gasteiger partial charge in [0, 0.05) is 16.0 Å². The van der Waals surface area contributed by atoms with E-state index in [1.165, 1.54) is 11.1 Å². The summed E-state index contributed by atoms with van der Waals surface area (Å²) in [5, 5.41) is 0.734. The molecule has 1 amide bonds. The van der Waals surface area contributed by atoms with E-state index in [0.717, 1.165) is 28.1 Å².